The second-order valence-electron chi connectivity index (χ2n) is 13.4. The van der Waals surface area contributed by atoms with Gasteiger partial charge in [0.15, 0.2) is 17.3 Å². The molecule has 6 rings (SSSR count). The highest BCUT2D eigenvalue weighted by Crippen LogP contribution is 2.43. The first kappa shape index (κ1) is 31.5. The van der Waals surface area contributed by atoms with Crippen LogP contribution in [0.15, 0.2) is 29.2 Å². The summed E-state index contributed by atoms with van der Waals surface area (Å²) in [6.07, 6.45) is 9.44. The fourth-order valence-electron chi connectivity index (χ4n) is 7.27. The molecule has 0 spiro atoms. The number of likely N-dealkylation sites (tertiary alicyclic amines) is 1. The van der Waals surface area contributed by atoms with E-state index in [1.807, 2.05) is 11.0 Å². The third-order valence-electron chi connectivity index (χ3n) is 10.1. The number of amides is 2. The number of benzene rings is 1. The highest BCUT2D eigenvalue weighted by molar-refractivity contribution is 5.80. The Labute approximate surface area is 265 Å². The molecule has 3 aliphatic heterocycles. The van der Waals surface area contributed by atoms with Gasteiger partial charge in [0.25, 0.3) is 0 Å². The number of hydrogen-bond acceptors (Lipinski definition) is 9. The van der Waals surface area contributed by atoms with Crippen molar-refractivity contribution in [2.45, 2.75) is 81.8 Å². The van der Waals surface area contributed by atoms with Crippen molar-refractivity contribution in [3.8, 4) is 11.5 Å². The second-order valence-corrected chi connectivity index (χ2v) is 13.4. The van der Waals surface area contributed by atoms with Crippen LogP contribution in [0.25, 0.3) is 0 Å². The molecule has 1 aromatic heterocycles. The molecule has 244 valence electrons. The maximum absolute atomic E-state index is 13.5. The summed E-state index contributed by atoms with van der Waals surface area (Å²) in [6.45, 7) is 4.34. The molecule has 3 fully saturated rings. The van der Waals surface area contributed by atoms with E-state index in [4.69, 9.17) is 10.5 Å². The van der Waals surface area contributed by atoms with E-state index in [1.54, 1.807) is 29.8 Å². The Balaban J connectivity index is 1.05. The Hall–Kier alpha value is -3.48. The van der Waals surface area contributed by atoms with Gasteiger partial charge in [-0.3, -0.25) is 19.1 Å². The molecule has 0 unspecified atom stereocenters. The van der Waals surface area contributed by atoms with E-state index in [0.717, 1.165) is 89.0 Å². The highest BCUT2D eigenvalue weighted by atomic mass is 16.5. The summed E-state index contributed by atoms with van der Waals surface area (Å²) in [7, 11) is 3.52. The SMILES string of the molecule is CN(C)C(=O)CCN(C(=O)CN1CCC(c2ccc3c(c2)Nc2nc(=O)n(C4CCC(N)CC4)cc2O3)CC1)C1CCNCC1. The van der Waals surface area contributed by atoms with Crippen LogP contribution >= 0.6 is 0 Å². The Morgan fingerprint density at radius 2 is 1.73 bits per heavy atom. The zero-order valence-electron chi connectivity index (χ0n) is 26.7. The lowest BCUT2D eigenvalue weighted by atomic mass is 9.89. The zero-order chi connectivity index (χ0) is 31.5. The molecule has 0 radical (unpaired) electrons. The molecule has 2 amide bonds. The number of fused-ring (bicyclic) bond motifs is 2. The van der Waals surface area contributed by atoms with Crippen LogP contribution in [0.5, 0.6) is 11.5 Å². The van der Waals surface area contributed by atoms with Gasteiger partial charge in [-0.1, -0.05) is 6.07 Å². The zero-order valence-corrected chi connectivity index (χ0v) is 26.7. The third-order valence-corrected chi connectivity index (χ3v) is 10.1. The van der Waals surface area contributed by atoms with Gasteiger partial charge in [-0.05, 0) is 101 Å². The molecular weight excluding hydrogens is 572 g/mol. The number of hydrogen-bond donors (Lipinski definition) is 3. The minimum atomic E-state index is -0.269. The summed E-state index contributed by atoms with van der Waals surface area (Å²) in [5.41, 5.74) is 7.82. The van der Waals surface area contributed by atoms with E-state index in [2.05, 4.69) is 32.7 Å². The molecule has 0 atom stereocenters. The lowest BCUT2D eigenvalue weighted by molar-refractivity contribution is -0.137. The molecule has 1 aromatic carbocycles. The number of nitrogens with one attached hydrogen (secondary N) is 2. The predicted molar refractivity (Wildman–Crippen MR) is 173 cm³/mol. The molecule has 12 heteroatoms. The smallest absolute Gasteiger partial charge is 0.350 e. The van der Waals surface area contributed by atoms with E-state index in [9.17, 15) is 14.4 Å². The lowest BCUT2D eigenvalue weighted by Crippen LogP contribution is -2.51. The molecule has 0 bridgehead atoms. The van der Waals surface area contributed by atoms with Crippen molar-refractivity contribution < 1.29 is 14.3 Å². The second kappa shape index (κ2) is 13.9. The Morgan fingerprint density at radius 3 is 2.44 bits per heavy atom. The quantitative estimate of drug-likeness (QED) is 0.347. The fourth-order valence-corrected chi connectivity index (χ4v) is 7.27. The summed E-state index contributed by atoms with van der Waals surface area (Å²) in [5, 5.41) is 6.72. The average molecular weight is 621 g/mol. The topological polar surface area (TPSA) is 138 Å². The van der Waals surface area contributed by atoms with Gasteiger partial charge < -0.3 is 30.9 Å². The average Bonchev–Trinajstić information content (AvgIpc) is 3.04. The molecule has 12 nitrogen and oxygen atoms in total. The minimum absolute atomic E-state index is 0.0499. The van der Waals surface area contributed by atoms with Gasteiger partial charge in [0.1, 0.15) is 0 Å². The number of rotatable bonds is 8. The number of nitrogens with two attached hydrogens (primary N) is 1. The molecule has 2 aromatic rings. The summed E-state index contributed by atoms with van der Waals surface area (Å²) >= 11 is 0. The molecular formula is C33H48N8O4. The van der Waals surface area contributed by atoms with Crippen molar-refractivity contribution in [3.05, 3.63) is 40.4 Å². The number of aromatic nitrogens is 2. The Morgan fingerprint density at radius 1 is 1.00 bits per heavy atom. The van der Waals surface area contributed by atoms with E-state index in [1.165, 1.54) is 5.56 Å². The molecule has 45 heavy (non-hydrogen) atoms. The first-order valence-corrected chi connectivity index (χ1v) is 16.7. The summed E-state index contributed by atoms with van der Waals surface area (Å²) in [5.74, 6) is 2.27. The van der Waals surface area contributed by atoms with Crippen LogP contribution in [0.4, 0.5) is 11.5 Å². The third kappa shape index (κ3) is 7.34. The first-order valence-electron chi connectivity index (χ1n) is 16.7. The van der Waals surface area contributed by atoms with Crippen LogP contribution in [-0.2, 0) is 9.59 Å². The molecule has 1 aliphatic carbocycles. The van der Waals surface area contributed by atoms with Crippen LogP contribution in [0.2, 0.25) is 0 Å². The van der Waals surface area contributed by atoms with E-state index >= 15 is 0 Å². The molecule has 4 heterocycles. The molecule has 1 saturated carbocycles. The molecule has 4 aliphatic rings. The first-order chi connectivity index (χ1) is 21.7. The van der Waals surface area contributed by atoms with Crippen molar-refractivity contribution in [2.24, 2.45) is 5.73 Å². The summed E-state index contributed by atoms with van der Waals surface area (Å²) in [6, 6.07) is 6.73. The van der Waals surface area contributed by atoms with E-state index in [-0.39, 0.29) is 35.6 Å². The molecule has 2 saturated heterocycles. The monoisotopic (exact) mass is 620 g/mol. The number of piperidine rings is 2. The number of carbonyl (C=O) groups excluding carboxylic acids is 2. The van der Waals surface area contributed by atoms with Crippen molar-refractivity contribution in [2.75, 3.05) is 58.7 Å². The maximum atomic E-state index is 13.5. The molecule has 4 N–H and O–H groups in total. The van der Waals surface area contributed by atoms with Gasteiger partial charge in [0.2, 0.25) is 11.8 Å². The van der Waals surface area contributed by atoms with Crippen molar-refractivity contribution >= 4 is 23.3 Å². The van der Waals surface area contributed by atoms with Crippen molar-refractivity contribution in [3.63, 3.8) is 0 Å². The van der Waals surface area contributed by atoms with E-state index in [0.29, 0.717) is 37.0 Å². The number of anilines is 2. The van der Waals surface area contributed by atoms with Gasteiger partial charge in [0.05, 0.1) is 18.4 Å². The van der Waals surface area contributed by atoms with Gasteiger partial charge in [-0.2, -0.15) is 4.98 Å². The van der Waals surface area contributed by atoms with Crippen LogP contribution in [0.3, 0.4) is 0 Å². The Bertz CT molecular complexity index is 1420. The van der Waals surface area contributed by atoms with Crippen molar-refractivity contribution in [1.82, 2.24) is 29.6 Å². The highest BCUT2D eigenvalue weighted by Gasteiger charge is 2.30. The normalized spacial score (nSPS) is 22.5. The van der Waals surface area contributed by atoms with Gasteiger partial charge in [-0.15, -0.1) is 0 Å². The van der Waals surface area contributed by atoms with Crippen molar-refractivity contribution in [1.29, 1.82) is 0 Å². The minimum Gasteiger partial charge on any atom is -0.450 e. The fraction of sp³-hybridized carbons (Fsp3) is 0.636. The van der Waals surface area contributed by atoms with Gasteiger partial charge >= 0.3 is 5.69 Å². The number of carbonyl (C=O) groups is 2. The van der Waals surface area contributed by atoms with Gasteiger partial charge in [-0.25, -0.2) is 4.79 Å². The summed E-state index contributed by atoms with van der Waals surface area (Å²) < 4.78 is 7.93. The Kier molecular flexibility index (Phi) is 9.72. The summed E-state index contributed by atoms with van der Waals surface area (Å²) in [4.78, 5) is 48.9. The van der Waals surface area contributed by atoms with Gasteiger partial charge in [0, 0.05) is 45.2 Å². The standard InChI is InChI=1S/C33H48N8O4/c1-38(2)30(42)13-18-40(26-9-14-35-15-10-26)31(43)21-39-16-11-22(12-17-39)23-3-8-28-27(19-23)36-32-29(45-28)20-41(33(44)37-32)25-6-4-24(34)5-7-25/h3,8,19-20,22,24-26,35H,4-7,9-18,21,34H2,1-2H3,(H,36,37,44). The van der Waals surface area contributed by atoms with Crippen LogP contribution in [0, 0.1) is 0 Å². The van der Waals surface area contributed by atoms with E-state index < -0.39 is 0 Å². The maximum Gasteiger partial charge on any atom is 0.350 e. The predicted octanol–water partition coefficient (Wildman–Crippen LogP) is 2.77. The number of nitrogens with zero attached hydrogens (tertiary/aromatic N) is 5. The lowest BCUT2D eigenvalue weighted by Gasteiger charge is -2.38. The largest absolute Gasteiger partial charge is 0.450 e. The van der Waals surface area contributed by atoms with Crippen LogP contribution in [0.1, 0.15) is 75.3 Å². The number of ether oxygens (including phenoxy) is 1. The van der Waals surface area contributed by atoms with Crippen LogP contribution in [-0.4, -0.2) is 102 Å². The van der Waals surface area contributed by atoms with Crippen LogP contribution < -0.4 is 26.8 Å².